The predicted octanol–water partition coefficient (Wildman–Crippen LogP) is 1.86. The molecule has 1 fully saturated rings. The van der Waals surface area contributed by atoms with Gasteiger partial charge in [0.25, 0.3) is 5.78 Å². The number of rotatable bonds is 4. The fourth-order valence-corrected chi connectivity index (χ4v) is 4.41. The molecule has 0 atom stereocenters. The average Bonchev–Trinajstić information content (AvgIpc) is 3.15. The van der Waals surface area contributed by atoms with E-state index in [2.05, 4.69) is 20.0 Å². The van der Waals surface area contributed by atoms with Crippen molar-refractivity contribution in [1.82, 2.24) is 23.9 Å². The summed E-state index contributed by atoms with van der Waals surface area (Å²) in [6.45, 7) is 5.90. The Labute approximate surface area is 164 Å². The predicted molar refractivity (Wildman–Crippen MR) is 108 cm³/mol. The van der Waals surface area contributed by atoms with Gasteiger partial charge in [-0.1, -0.05) is 29.8 Å². The maximum atomic E-state index is 12.7. The second-order valence-corrected chi connectivity index (χ2v) is 8.69. The number of benzene rings is 1. The van der Waals surface area contributed by atoms with E-state index < -0.39 is 10.0 Å². The molecule has 0 N–H and O–H groups in total. The summed E-state index contributed by atoms with van der Waals surface area (Å²) >= 11 is 0. The van der Waals surface area contributed by atoms with Crippen molar-refractivity contribution in [3.8, 4) is 0 Å². The summed E-state index contributed by atoms with van der Waals surface area (Å²) in [6.07, 6.45) is 3.12. The second kappa shape index (κ2) is 7.33. The van der Waals surface area contributed by atoms with Gasteiger partial charge in [-0.2, -0.15) is 18.9 Å². The number of nitrogens with zero attached hydrogens (tertiary/aromatic N) is 6. The molecule has 1 aliphatic heterocycles. The molecule has 28 heavy (non-hydrogen) atoms. The van der Waals surface area contributed by atoms with Crippen molar-refractivity contribution >= 4 is 27.7 Å². The minimum absolute atomic E-state index is 0.415. The zero-order valence-corrected chi connectivity index (χ0v) is 16.7. The van der Waals surface area contributed by atoms with Gasteiger partial charge in [0.1, 0.15) is 12.1 Å². The Balaban J connectivity index is 1.47. The van der Waals surface area contributed by atoms with E-state index in [9.17, 15) is 8.42 Å². The molecule has 8 nitrogen and oxygen atoms in total. The summed E-state index contributed by atoms with van der Waals surface area (Å²) in [6, 6.07) is 9.70. The number of hydrogen-bond donors (Lipinski definition) is 0. The highest BCUT2D eigenvalue weighted by Crippen LogP contribution is 2.19. The molecule has 0 amide bonds. The van der Waals surface area contributed by atoms with Crippen LogP contribution >= 0.6 is 0 Å². The number of hydrogen-bond acceptors (Lipinski definition) is 6. The Morgan fingerprint density at radius 1 is 1.04 bits per heavy atom. The van der Waals surface area contributed by atoms with Crippen molar-refractivity contribution < 1.29 is 8.42 Å². The lowest BCUT2D eigenvalue weighted by Crippen LogP contribution is -2.48. The first kappa shape index (κ1) is 18.6. The van der Waals surface area contributed by atoms with Gasteiger partial charge >= 0.3 is 0 Å². The van der Waals surface area contributed by atoms with E-state index in [1.807, 2.05) is 44.2 Å². The summed E-state index contributed by atoms with van der Waals surface area (Å²) in [5, 5.41) is 5.52. The molecule has 4 rings (SSSR count). The zero-order chi connectivity index (χ0) is 19.7. The normalized spacial score (nSPS) is 16.3. The number of aryl methyl sites for hydroxylation is 2. The summed E-state index contributed by atoms with van der Waals surface area (Å²) in [5.74, 6) is 1.43. The third kappa shape index (κ3) is 3.76. The first-order chi connectivity index (χ1) is 13.4. The maximum Gasteiger partial charge on any atom is 0.254 e. The molecule has 1 aliphatic rings. The summed E-state index contributed by atoms with van der Waals surface area (Å²) in [4.78, 5) is 10.6. The fraction of sp³-hybridized carbons (Fsp3) is 0.316. The van der Waals surface area contributed by atoms with Crippen molar-refractivity contribution in [2.45, 2.75) is 13.8 Å². The molecular formula is C19H22N6O2S. The molecule has 9 heteroatoms. The third-order valence-electron chi connectivity index (χ3n) is 4.79. The summed E-state index contributed by atoms with van der Waals surface area (Å²) in [7, 11) is -3.46. The van der Waals surface area contributed by atoms with Gasteiger partial charge in [-0.15, -0.1) is 0 Å². The van der Waals surface area contributed by atoms with Crippen LogP contribution in [0, 0.1) is 13.8 Å². The lowest BCUT2D eigenvalue weighted by molar-refractivity contribution is 0.388. The minimum Gasteiger partial charge on any atom is -0.354 e. The Hall–Kier alpha value is -2.78. The molecule has 0 radical (unpaired) electrons. The molecule has 0 saturated carbocycles. The molecule has 0 aliphatic carbocycles. The maximum absolute atomic E-state index is 12.7. The molecule has 1 aromatic carbocycles. The summed E-state index contributed by atoms with van der Waals surface area (Å²) < 4.78 is 28.6. The van der Waals surface area contributed by atoms with Gasteiger partial charge in [-0.05, 0) is 25.5 Å². The van der Waals surface area contributed by atoms with Gasteiger partial charge in [-0.3, -0.25) is 0 Å². The SMILES string of the molecule is Cc1ccc(/C=C/S(=O)(=O)N2CCN(c3cc(C)nc4ncnn34)CC2)cc1. The van der Waals surface area contributed by atoms with Crippen molar-refractivity contribution in [3.05, 3.63) is 58.9 Å². The Kier molecular flexibility index (Phi) is 4.86. The van der Waals surface area contributed by atoms with Gasteiger partial charge in [0.2, 0.25) is 10.0 Å². The standard InChI is InChI=1S/C19H22N6O2S/c1-15-3-5-17(6-4-15)7-12-28(26,27)24-10-8-23(9-11-24)18-13-16(2)22-19-20-14-21-25(18)19/h3-7,12-14H,8-11H2,1-2H3/b12-7+. The lowest BCUT2D eigenvalue weighted by Gasteiger charge is -2.34. The van der Waals surface area contributed by atoms with Gasteiger partial charge in [0, 0.05) is 43.3 Å². The van der Waals surface area contributed by atoms with Crippen LogP contribution in [0.25, 0.3) is 11.9 Å². The number of piperazine rings is 1. The first-order valence-electron chi connectivity index (χ1n) is 9.10. The highest BCUT2D eigenvalue weighted by atomic mass is 32.2. The Morgan fingerprint density at radius 2 is 1.75 bits per heavy atom. The Bertz CT molecular complexity index is 1110. The highest BCUT2D eigenvalue weighted by molar-refractivity contribution is 7.92. The van der Waals surface area contributed by atoms with E-state index in [1.165, 1.54) is 16.0 Å². The molecule has 3 aromatic rings. The van der Waals surface area contributed by atoms with E-state index in [4.69, 9.17) is 0 Å². The molecule has 0 spiro atoms. The lowest BCUT2D eigenvalue weighted by atomic mass is 10.2. The van der Waals surface area contributed by atoms with Crippen molar-refractivity contribution in [3.63, 3.8) is 0 Å². The smallest absolute Gasteiger partial charge is 0.254 e. The van der Waals surface area contributed by atoms with E-state index in [-0.39, 0.29) is 0 Å². The minimum atomic E-state index is -3.46. The number of anilines is 1. The van der Waals surface area contributed by atoms with Crippen molar-refractivity contribution in [2.24, 2.45) is 0 Å². The van der Waals surface area contributed by atoms with Crippen LogP contribution in [0.1, 0.15) is 16.8 Å². The van der Waals surface area contributed by atoms with Crippen LogP contribution in [0.3, 0.4) is 0 Å². The first-order valence-corrected chi connectivity index (χ1v) is 10.6. The van der Waals surface area contributed by atoms with Crippen LogP contribution in [-0.4, -0.2) is 58.5 Å². The van der Waals surface area contributed by atoms with E-state index >= 15 is 0 Å². The second-order valence-electron chi connectivity index (χ2n) is 6.87. The van der Waals surface area contributed by atoms with E-state index in [1.54, 1.807) is 10.6 Å². The van der Waals surface area contributed by atoms with Gasteiger partial charge in [0.15, 0.2) is 0 Å². The summed E-state index contributed by atoms with van der Waals surface area (Å²) in [5.41, 5.74) is 2.86. The van der Waals surface area contributed by atoms with Crippen LogP contribution in [0.2, 0.25) is 0 Å². The number of fused-ring (bicyclic) bond motifs is 1. The molecule has 2 aromatic heterocycles. The van der Waals surface area contributed by atoms with Gasteiger partial charge < -0.3 is 4.90 Å². The molecule has 1 saturated heterocycles. The fourth-order valence-electron chi connectivity index (χ4n) is 3.24. The largest absolute Gasteiger partial charge is 0.354 e. The zero-order valence-electron chi connectivity index (χ0n) is 15.9. The molecule has 0 unspecified atom stereocenters. The van der Waals surface area contributed by atoms with Crippen LogP contribution in [0.4, 0.5) is 5.82 Å². The van der Waals surface area contributed by atoms with Gasteiger partial charge in [-0.25, -0.2) is 13.4 Å². The Morgan fingerprint density at radius 3 is 2.46 bits per heavy atom. The van der Waals surface area contributed by atoms with Gasteiger partial charge in [0.05, 0.1) is 0 Å². The molecule has 3 heterocycles. The van der Waals surface area contributed by atoms with Crippen LogP contribution < -0.4 is 4.90 Å². The van der Waals surface area contributed by atoms with E-state index in [0.717, 1.165) is 22.6 Å². The third-order valence-corrected chi connectivity index (χ3v) is 6.36. The molecular weight excluding hydrogens is 376 g/mol. The molecule has 146 valence electrons. The van der Waals surface area contributed by atoms with Crippen molar-refractivity contribution in [2.75, 3.05) is 31.1 Å². The topological polar surface area (TPSA) is 83.7 Å². The monoisotopic (exact) mass is 398 g/mol. The number of aromatic nitrogens is 4. The number of sulfonamides is 1. The highest BCUT2D eigenvalue weighted by Gasteiger charge is 2.26. The van der Waals surface area contributed by atoms with Crippen molar-refractivity contribution in [1.29, 1.82) is 0 Å². The quantitative estimate of drug-likeness (QED) is 0.667. The van der Waals surface area contributed by atoms with E-state index in [0.29, 0.717) is 32.0 Å². The van der Waals surface area contributed by atoms with Crippen LogP contribution in [0.15, 0.2) is 42.1 Å². The van der Waals surface area contributed by atoms with Crippen LogP contribution in [-0.2, 0) is 10.0 Å². The average molecular weight is 398 g/mol. The van der Waals surface area contributed by atoms with Crippen LogP contribution in [0.5, 0.6) is 0 Å². The molecule has 0 bridgehead atoms.